The lowest BCUT2D eigenvalue weighted by Crippen LogP contribution is -2.20. The van der Waals surface area contributed by atoms with Crippen LogP contribution in [0.4, 0.5) is 5.69 Å². The Morgan fingerprint density at radius 2 is 2.05 bits per heavy atom. The minimum atomic E-state index is -3.25. The number of benzene rings is 1. The van der Waals surface area contributed by atoms with Crippen LogP contribution in [0.5, 0.6) is 0 Å². The van der Waals surface area contributed by atoms with Crippen LogP contribution >= 0.6 is 15.9 Å². The van der Waals surface area contributed by atoms with E-state index in [0.717, 1.165) is 23.0 Å². The predicted molar refractivity (Wildman–Crippen MR) is 86.5 cm³/mol. The van der Waals surface area contributed by atoms with Gasteiger partial charge in [-0.3, -0.25) is 4.72 Å². The van der Waals surface area contributed by atoms with Gasteiger partial charge in [-0.25, -0.2) is 8.42 Å². The molecular formula is C14H21BrN2O2S. The molecule has 2 N–H and O–H groups in total. The Morgan fingerprint density at radius 3 is 2.70 bits per heavy atom. The smallest absolute Gasteiger partial charge is 0.232 e. The van der Waals surface area contributed by atoms with Gasteiger partial charge in [0.05, 0.1) is 5.75 Å². The summed E-state index contributed by atoms with van der Waals surface area (Å²) >= 11 is 3.40. The molecule has 0 radical (unpaired) electrons. The Kier molecular flexibility index (Phi) is 5.46. The zero-order valence-electron chi connectivity index (χ0n) is 11.7. The van der Waals surface area contributed by atoms with Crippen LogP contribution in [-0.2, 0) is 10.0 Å². The van der Waals surface area contributed by atoms with Crippen molar-refractivity contribution in [2.75, 3.05) is 17.0 Å². The zero-order valence-corrected chi connectivity index (χ0v) is 14.1. The molecule has 0 heterocycles. The number of hydrogen-bond acceptors (Lipinski definition) is 3. The molecule has 2 rings (SSSR count). The van der Waals surface area contributed by atoms with Crippen molar-refractivity contribution in [2.45, 2.75) is 38.6 Å². The van der Waals surface area contributed by atoms with Crippen molar-refractivity contribution in [2.24, 2.45) is 0 Å². The maximum atomic E-state index is 12.0. The standard InChI is InChI=1S/C14H21BrN2O2S/c1-11-4-5-13(10-14(11)15)17-20(18,19)9-3-2-8-16-12-6-7-12/h4-5,10,12,16-17H,2-3,6-9H2,1H3. The van der Waals surface area contributed by atoms with E-state index in [-0.39, 0.29) is 5.75 Å². The van der Waals surface area contributed by atoms with Gasteiger partial charge in [0.25, 0.3) is 0 Å². The van der Waals surface area contributed by atoms with Crippen LogP contribution in [0, 0.1) is 6.92 Å². The molecule has 6 heteroatoms. The molecule has 112 valence electrons. The molecule has 0 aliphatic heterocycles. The van der Waals surface area contributed by atoms with Crippen LogP contribution in [0.1, 0.15) is 31.2 Å². The first-order valence-corrected chi connectivity index (χ1v) is 9.41. The molecule has 4 nitrogen and oxygen atoms in total. The highest BCUT2D eigenvalue weighted by Crippen LogP contribution is 2.21. The van der Waals surface area contributed by atoms with Crippen LogP contribution in [0.3, 0.4) is 0 Å². The number of sulfonamides is 1. The van der Waals surface area contributed by atoms with Gasteiger partial charge in [-0.1, -0.05) is 22.0 Å². The molecule has 1 aromatic rings. The molecule has 0 saturated heterocycles. The summed E-state index contributed by atoms with van der Waals surface area (Å²) in [5.41, 5.74) is 1.69. The van der Waals surface area contributed by atoms with E-state index in [2.05, 4.69) is 26.0 Å². The first-order valence-electron chi connectivity index (χ1n) is 6.96. The van der Waals surface area contributed by atoms with Gasteiger partial charge < -0.3 is 5.32 Å². The lowest BCUT2D eigenvalue weighted by atomic mass is 10.2. The Labute approximate surface area is 129 Å². The molecule has 1 aliphatic rings. The molecule has 20 heavy (non-hydrogen) atoms. The Balaban J connectivity index is 1.75. The summed E-state index contributed by atoms with van der Waals surface area (Å²) in [6, 6.07) is 6.16. The van der Waals surface area contributed by atoms with Gasteiger partial charge in [-0.15, -0.1) is 0 Å². The summed E-state index contributed by atoms with van der Waals surface area (Å²) in [6.45, 7) is 2.88. The van der Waals surface area contributed by atoms with Crippen molar-refractivity contribution in [1.82, 2.24) is 5.32 Å². The molecule has 0 unspecified atom stereocenters. The molecule has 1 saturated carbocycles. The largest absolute Gasteiger partial charge is 0.314 e. The highest BCUT2D eigenvalue weighted by molar-refractivity contribution is 9.10. The topological polar surface area (TPSA) is 58.2 Å². The third-order valence-electron chi connectivity index (χ3n) is 3.30. The third kappa shape index (κ3) is 5.42. The SMILES string of the molecule is Cc1ccc(NS(=O)(=O)CCCCNC2CC2)cc1Br. The first-order chi connectivity index (χ1) is 9.46. The number of hydrogen-bond donors (Lipinski definition) is 2. The molecule has 1 aromatic carbocycles. The highest BCUT2D eigenvalue weighted by Gasteiger charge is 2.19. The second kappa shape index (κ2) is 6.91. The van der Waals surface area contributed by atoms with Gasteiger partial charge in [0, 0.05) is 16.2 Å². The van der Waals surface area contributed by atoms with E-state index < -0.39 is 10.0 Å². The average Bonchev–Trinajstić information content (AvgIpc) is 3.17. The summed E-state index contributed by atoms with van der Waals surface area (Å²) < 4.78 is 27.4. The molecule has 0 spiro atoms. The van der Waals surface area contributed by atoms with E-state index in [4.69, 9.17) is 0 Å². The van der Waals surface area contributed by atoms with E-state index in [0.29, 0.717) is 18.2 Å². The number of rotatable bonds is 8. The Hall–Kier alpha value is -0.590. The number of anilines is 1. The fourth-order valence-electron chi connectivity index (χ4n) is 1.90. The van der Waals surface area contributed by atoms with Crippen molar-refractivity contribution in [3.8, 4) is 0 Å². The summed E-state index contributed by atoms with van der Waals surface area (Å²) in [5.74, 6) is 0.171. The summed E-state index contributed by atoms with van der Waals surface area (Å²) in [7, 11) is -3.25. The number of aryl methyl sites for hydroxylation is 1. The highest BCUT2D eigenvalue weighted by atomic mass is 79.9. The van der Waals surface area contributed by atoms with Gasteiger partial charge in [-0.2, -0.15) is 0 Å². The van der Waals surface area contributed by atoms with Crippen molar-refractivity contribution in [3.05, 3.63) is 28.2 Å². The molecule has 0 aromatic heterocycles. The van der Waals surface area contributed by atoms with Crippen LogP contribution in [-0.4, -0.2) is 26.8 Å². The normalized spacial score (nSPS) is 15.3. The maximum Gasteiger partial charge on any atom is 0.232 e. The molecule has 1 aliphatic carbocycles. The molecule has 1 fully saturated rings. The van der Waals surface area contributed by atoms with Gasteiger partial charge >= 0.3 is 0 Å². The van der Waals surface area contributed by atoms with Crippen LogP contribution < -0.4 is 10.0 Å². The lowest BCUT2D eigenvalue weighted by molar-refractivity contribution is 0.591. The van der Waals surface area contributed by atoms with Crippen molar-refractivity contribution in [3.63, 3.8) is 0 Å². The quantitative estimate of drug-likeness (QED) is 0.700. The van der Waals surface area contributed by atoms with E-state index in [1.807, 2.05) is 13.0 Å². The van der Waals surface area contributed by atoms with E-state index in [9.17, 15) is 8.42 Å². The van der Waals surface area contributed by atoms with E-state index in [1.54, 1.807) is 12.1 Å². The zero-order chi connectivity index (χ0) is 14.6. The Bertz CT molecular complexity index is 556. The maximum absolute atomic E-state index is 12.0. The molecule has 0 amide bonds. The molecule has 0 atom stereocenters. The molecular weight excluding hydrogens is 340 g/mol. The van der Waals surface area contributed by atoms with Gasteiger partial charge in [-0.05, 0) is 56.8 Å². The first kappa shape index (κ1) is 15.8. The van der Waals surface area contributed by atoms with Gasteiger partial charge in [0.2, 0.25) is 10.0 Å². The summed E-state index contributed by atoms with van der Waals surface area (Å²) in [4.78, 5) is 0. The fourth-order valence-corrected chi connectivity index (χ4v) is 3.45. The molecule has 0 bridgehead atoms. The Morgan fingerprint density at radius 1 is 1.30 bits per heavy atom. The second-order valence-electron chi connectivity index (χ2n) is 5.32. The predicted octanol–water partition coefficient (Wildman–Crippen LogP) is 3.03. The summed E-state index contributed by atoms with van der Waals surface area (Å²) in [6.07, 6.45) is 4.11. The van der Waals surface area contributed by atoms with Crippen molar-refractivity contribution < 1.29 is 8.42 Å². The van der Waals surface area contributed by atoms with Gasteiger partial charge in [0.15, 0.2) is 0 Å². The lowest BCUT2D eigenvalue weighted by Gasteiger charge is -2.09. The van der Waals surface area contributed by atoms with Crippen LogP contribution in [0.2, 0.25) is 0 Å². The van der Waals surface area contributed by atoms with Crippen molar-refractivity contribution >= 4 is 31.6 Å². The fraction of sp³-hybridized carbons (Fsp3) is 0.571. The van der Waals surface area contributed by atoms with E-state index >= 15 is 0 Å². The minimum absolute atomic E-state index is 0.171. The minimum Gasteiger partial charge on any atom is -0.314 e. The van der Waals surface area contributed by atoms with Gasteiger partial charge in [0.1, 0.15) is 0 Å². The number of halogens is 1. The van der Waals surface area contributed by atoms with Crippen LogP contribution in [0.25, 0.3) is 0 Å². The van der Waals surface area contributed by atoms with Crippen LogP contribution in [0.15, 0.2) is 22.7 Å². The third-order valence-corrected chi connectivity index (χ3v) is 5.52. The second-order valence-corrected chi connectivity index (χ2v) is 8.02. The van der Waals surface area contributed by atoms with E-state index in [1.165, 1.54) is 12.8 Å². The number of unbranched alkanes of at least 4 members (excludes halogenated alkanes) is 1. The summed E-state index contributed by atoms with van der Waals surface area (Å²) in [5, 5.41) is 3.38. The number of nitrogens with one attached hydrogen (secondary N) is 2. The monoisotopic (exact) mass is 360 g/mol. The van der Waals surface area contributed by atoms with Crippen molar-refractivity contribution in [1.29, 1.82) is 0 Å². The average molecular weight is 361 g/mol.